The molecule has 0 spiro atoms. The Hall–Kier alpha value is -3.78. The molecule has 3 aromatic carbocycles. The zero-order chi connectivity index (χ0) is 30.6. The minimum Gasteiger partial charge on any atom is -0.252 e. The van der Waals surface area contributed by atoms with E-state index in [0.717, 1.165) is 55.8 Å². The van der Waals surface area contributed by atoms with Crippen molar-refractivity contribution in [1.82, 2.24) is 18.7 Å². The van der Waals surface area contributed by atoms with Crippen LogP contribution < -0.4 is 0 Å². The van der Waals surface area contributed by atoms with Crippen LogP contribution >= 0.6 is 34.4 Å². The highest BCUT2D eigenvalue weighted by atomic mass is 32.1. The number of hydrogen-bond acceptors (Lipinski definition) is 7. The van der Waals surface area contributed by atoms with Crippen LogP contribution in [0.2, 0.25) is 0 Å². The Morgan fingerprint density at radius 1 is 0.467 bits per heavy atom. The van der Waals surface area contributed by atoms with Crippen molar-refractivity contribution in [3.63, 3.8) is 0 Å². The van der Waals surface area contributed by atoms with E-state index in [2.05, 4.69) is 86.6 Å². The van der Waals surface area contributed by atoms with Crippen LogP contribution in [0.15, 0.2) is 85.2 Å². The van der Waals surface area contributed by atoms with Crippen molar-refractivity contribution in [2.45, 2.75) is 65.2 Å². The highest BCUT2D eigenvalue weighted by molar-refractivity contribution is 7.19. The molecule has 7 rings (SSSR count). The van der Waals surface area contributed by atoms with Crippen LogP contribution in [-0.4, -0.2) is 18.7 Å². The Morgan fingerprint density at radius 3 is 1.31 bits per heavy atom. The number of aromatic nitrogens is 4. The molecule has 0 fully saturated rings. The second kappa shape index (κ2) is 13.7. The van der Waals surface area contributed by atoms with Crippen LogP contribution in [0.1, 0.15) is 63.5 Å². The molecule has 0 radical (unpaired) electrons. The monoisotopic (exact) mass is 644 g/mol. The zero-order valence-corrected chi connectivity index (χ0v) is 28.2. The molecular formula is C38H36N4S3. The second-order valence-corrected chi connectivity index (χ2v) is 14.3. The first kappa shape index (κ1) is 29.9. The lowest BCUT2D eigenvalue weighted by molar-refractivity contribution is 0.717. The molecular weight excluding hydrogens is 609 g/mol. The van der Waals surface area contributed by atoms with Crippen molar-refractivity contribution in [3.8, 4) is 41.8 Å². The molecule has 0 N–H and O–H groups in total. The molecule has 45 heavy (non-hydrogen) atoms. The van der Waals surface area contributed by atoms with Crippen molar-refractivity contribution in [2.75, 3.05) is 0 Å². The molecule has 0 amide bonds. The van der Waals surface area contributed by atoms with Crippen molar-refractivity contribution in [2.24, 2.45) is 0 Å². The fourth-order valence-electron chi connectivity index (χ4n) is 6.00. The van der Waals surface area contributed by atoms with Crippen LogP contribution in [-0.2, 0) is 12.8 Å². The maximum Gasteiger partial charge on any atom is 0.116 e. The molecule has 4 aromatic heterocycles. The van der Waals surface area contributed by atoms with Gasteiger partial charge in [-0.15, -0.1) is 22.7 Å². The molecule has 0 unspecified atom stereocenters. The van der Waals surface area contributed by atoms with Gasteiger partial charge < -0.3 is 0 Å². The van der Waals surface area contributed by atoms with Gasteiger partial charge in [0.1, 0.15) is 22.1 Å². The first-order valence-corrected chi connectivity index (χ1v) is 18.4. The summed E-state index contributed by atoms with van der Waals surface area (Å²) in [5.41, 5.74) is 10.9. The average Bonchev–Trinajstić information content (AvgIpc) is 3.87. The highest BCUT2D eigenvalue weighted by Gasteiger charge is 2.23. The van der Waals surface area contributed by atoms with Gasteiger partial charge in [0.15, 0.2) is 0 Å². The number of unbranched alkanes of at least 4 members (excludes halogenated alkanes) is 4. The molecule has 0 atom stereocenters. The summed E-state index contributed by atoms with van der Waals surface area (Å²) in [6.45, 7) is 4.51. The number of benzene rings is 3. The SMILES string of the molecule is CCCCCc1ccc(-c2ccc(-c3c4nccnc4c(-c4ccc(-c5ccc(CCCCC)cc5)s4)c4nsnc34)s2)cc1. The number of thiophene rings is 2. The summed E-state index contributed by atoms with van der Waals surface area (Å²) in [6, 6.07) is 27.0. The summed E-state index contributed by atoms with van der Waals surface area (Å²) in [6.07, 6.45) is 13.4. The topological polar surface area (TPSA) is 51.6 Å². The van der Waals surface area contributed by atoms with Gasteiger partial charge in [-0.2, -0.15) is 8.75 Å². The molecule has 7 aromatic rings. The zero-order valence-electron chi connectivity index (χ0n) is 25.8. The van der Waals surface area contributed by atoms with E-state index < -0.39 is 0 Å². The first-order valence-electron chi connectivity index (χ1n) is 16.0. The Bertz CT molecular complexity index is 1890. The van der Waals surface area contributed by atoms with E-state index in [0.29, 0.717) is 0 Å². The lowest BCUT2D eigenvalue weighted by atomic mass is 10.0. The Balaban J connectivity index is 1.24. The summed E-state index contributed by atoms with van der Waals surface area (Å²) < 4.78 is 9.68. The van der Waals surface area contributed by atoms with Crippen LogP contribution in [0.4, 0.5) is 0 Å². The van der Waals surface area contributed by atoms with Gasteiger partial charge in [-0.25, -0.2) is 0 Å². The van der Waals surface area contributed by atoms with Crippen molar-refractivity contribution in [3.05, 3.63) is 96.3 Å². The Morgan fingerprint density at radius 2 is 0.889 bits per heavy atom. The normalized spacial score (nSPS) is 11.6. The average molecular weight is 645 g/mol. The number of rotatable bonds is 12. The largest absolute Gasteiger partial charge is 0.252 e. The van der Waals surface area contributed by atoms with Crippen molar-refractivity contribution >= 4 is 56.5 Å². The van der Waals surface area contributed by atoms with Crippen molar-refractivity contribution in [1.29, 1.82) is 0 Å². The lowest BCUT2D eigenvalue weighted by Gasteiger charge is -2.09. The summed E-state index contributed by atoms with van der Waals surface area (Å²) in [5.74, 6) is 0. The van der Waals surface area contributed by atoms with E-state index in [9.17, 15) is 0 Å². The molecule has 7 heteroatoms. The lowest BCUT2D eigenvalue weighted by Crippen LogP contribution is -1.92. The van der Waals surface area contributed by atoms with E-state index in [1.54, 1.807) is 35.1 Å². The smallest absolute Gasteiger partial charge is 0.116 e. The summed E-state index contributed by atoms with van der Waals surface area (Å²) in [7, 11) is 0. The van der Waals surface area contributed by atoms with Crippen LogP contribution in [0.25, 0.3) is 63.8 Å². The fraction of sp³-hybridized carbons (Fsp3) is 0.263. The number of nitrogens with zero attached hydrogens (tertiary/aromatic N) is 4. The standard InChI is InChI=1S/C38H36N4S3/c1-3-5-7-9-25-11-15-27(16-12-25)29-19-21-31(43-29)33-35-36(40-24-23-39-35)34(38-37(33)41-45-42-38)32-22-20-30(44-32)28-17-13-26(14-18-28)10-8-6-4-2/h11-24H,3-10H2,1-2H3. The van der Waals surface area contributed by atoms with Crippen molar-refractivity contribution < 1.29 is 0 Å². The van der Waals surface area contributed by atoms with E-state index in [1.807, 2.05) is 0 Å². The van der Waals surface area contributed by atoms with Gasteiger partial charge >= 0.3 is 0 Å². The third kappa shape index (κ3) is 6.22. The van der Waals surface area contributed by atoms with Gasteiger partial charge in [-0.3, -0.25) is 9.97 Å². The molecule has 0 saturated heterocycles. The predicted molar refractivity (Wildman–Crippen MR) is 194 cm³/mol. The van der Waals surface area contributed by atoms with Gasteiger partial charge in [-0.1, -0.05) is 88.1 Å². The van der Waals surface area contributed by atoms with E-state index in [-0.39, 0.29) is 0 Å². The second-order valence-electron chi connectivity index (χ2n) is 11.6. The molecule has 226 valence electrons. The fourth-order valence-corrected chi connectivity index (χ4v) is 8.67. The van der Waals surface area contributed by atoms with Gasteiger partial charge in [0.25, 0.3) is 0 Å². The molecule has 0 saturated carbocycles. The quantitative estimate of drug-likeness (QED) is 0.124. The molecule has 0 aliphatic heterocycles. The molecule has 0 bridgehead atoms. The summed E-state index contributed by atoms with van der Waals surface area (Å²) in [5, 5.41) is 0. The van der Waals surface area contributed by atoms with Gasteiger partial charge in [0, 0.05) is 43.0 Å². The molecule has 0 aliphatic rings. The van der Waals surface area contributed by atoms with Gasteiger partial charge in [0.2, 0.25) is 0 Å². The molecule has 4 heterocycles. The predicted octanol–water partition coefficient (Wildman–Crippen LogP) is 11.9. The van der Waals surface area contributed by atoms with E-state index >= 15 is 0 Å². The van der Waals surface area contributed by atoms with Gasteiger partial charge in [-0.05, 0) is 72.2 Å². The maximum absolute atomic E-state index is 4.89. The van der Waals surface area contributed by atoms with Crippen LogP contribution in [0, 0.1) is 0 Å². The van der Waals surface area contributed by atoms with E-state index in [4.69, 9.17) is 18.7 Å². The Labute approximate surface area is 277 Å². The summed E-state index contributed by atoms with van der Waals surface area (Å²) in [4.78, 5) is 14.5. The minimum absolute atomic E-state index is 0.874. The minimum atomic E-state index is 0.874. The third-order valence-electron chi connectivity index (χ3n) is 8.45. The van der Waals surface area contributed by atoms with E-state index in [1.165, 1.54) is 82.3 Å². The Kier molecular flexibility index (Phi) is 9.10. The highest BCUT2D eigenvalue weighted by Crippen LogP contribution is 2.46. The number of hydrogen-bond donors (Lipinski definition) is 0. The first-order chi connectivity index (χ1) is 22.2. The van der Waals surface area contributed by atoms with Crippen LogP contribution in [0.3, 0.4) is 0 Å². The number of aryl methyl sites for hydroxylation is 2. The van der Waals surface area contributed by atoms with Gasteiger partial charge in [0.05, 0.1) is 11.7 Å². The maximum atomic E-state index is 4.89. The molecule has 0 aliphatic carbocycles. The molecule has 4 nitrogen and oxygen atoms in total. The number of fused-ring (bicyclic) bond motifs is 2. The van der Waals surface area contributed by atoms with Crippen LogP contribution in [0.5, 0.6) is 0 Å². The summed E-state index contributed by atoms with van der Waals surface area (Å²) >= 11 is 4.82. The third-order valence-corrected chi connectivity index (χ3v) is 11.3.